The molecule has 0 aromatic rings. The van der Waals surface area contributed by atoms with Gasteiger partial charge in [0.05, 0.1) is 7.11 Å². The average molecular weight is 227 g/mol. The van der Waals surface area contributed by atoms with Crippen molar-refractivity contribution in [1.82, 2.24) is 5.32 Å². The first-order valence-electron chi connectivity index (χ1n) is 5.70. The summed E-state index contributed by atoms with van der Waals surface area (Å²) in [6.07, 6.45) is 5.10. The number of rotatable bonds is 7. The Hall–Kier alpha value is -0.870. The summed E-state index contributed by atoms with van der Waals surface area (Å²) in [5.41, 5.74) is 0.948. The van der Waals surface area contributed by atoms with Crippen LogP contribution in [0, 0.1) is 5.41 Å². The molecule has 0 atom stereocenters. The van der Waals surface area contributed by atoms with Gasteiger partial charge in [0.25, 0.3) is 0 Å². The maximum absolute atomic E-state index is 11.1. The molecule has 92 valence electrons. The van der Waals surface area contributed by atoms with Crippen LogP contribution in [0.15, 0.2) is 11.6 Å². The van der Waals surface area contributed by atoms with Gasteiger partial charge in [-0.1, -0.05) is 6.08 Å². The Morgan fingerprint density at radius 2 is 2.25 bits per heavy atom. The van der Waals surface area contributed by atoms with Crippen molar-refractivity contribution in [3.05, 3.63) is 11.6 Å². The molecule has 0 radical (unpaired) electrons. The predicted octanol–water partition coefficient (Wildman–Crippen LogP) is 0.858. The average Bonchev–Trinajstić information content (AvgIpc) is 3.04. The first-order valence-corrected chi connectivity index (χ1v) is 5.70. The summed E-state index contributed by atoms with van der Waals surface area (Å²) in [7, 11) is 1.38. The molecule has 0 amide bonds. The van der Waals surface area contributed by atoms with E-state index in [0.29, 0.717) is 17.5 Å². The van der Waals surface area contributed by atoms with Gasteiger partial charge in [0.2, 0.25) is 0 Å². The molecule has 0 unspecified atom stereocenters. The minimum atomic E-state index is -0.279. The van der Waals surface area contributed by atoms with Gasteiger partial charge < -0.3 is 15.2 Å². The summed E-state index contributed by atoms with van der Waals surface area (Å²) in [5, 5.41) is 12.2. The van der Waals surface area contributed by atoms with Crippen LogP contribution in [0.5, 0.6) is 0 Å². The molecule has 0 aromatic carbocycles. The lowest BCUT2D eigenvalue weighted by molar-refractivity contribution is -0.136. The Morgan fingerprint density at radius 1 is 1.56 bits per heavy atom. The number of carbonyl (C=O) groups excluding carboxylic acids is 1. The summed E-state index contributed by atoms with van der Waals surface area (Å²) in [5.74, 6) is -0.279. The first-order chi connectivity index (χ1) is 7.63. The molecule has 1 saturated carbocycles. The molecule has 0 aromatic heterocycles. The van der Waals surface area contributed by atoms with Crippen LogP contribution < -0.4 is 5.32 Å². The van der Waals surface area contributed by atoms with Gasteiger partial charge in [-0.15, -0.1) is 0 Å². The van der Waals surface area contributed by atoms with Crippen molar-refractivity contribution in [3.8, 4) is 0 Å². The highest BCUT2D eigenvalue weighted by atomic mass is 16.5. The summed E-state index contributed by atoms with van der Waals surface area (Å²) in [4.78, 5) is 11.1. The summed E-state index contributed by atoms with van der Waals surface area (Å²) in [6.45, 7) is 3.60. The van der Waals surface area contributed by atoms with Crippen molar-refractivity contribution in [3.63, 3.8) is 0 Å². The van der Waals surface area contributed by atoms with E-state index in [9.17, 15) is 4.79 Å². The molecule has 0 aliphatic heterocycles. The number of hydrogen-bond acceptors (Lipinski definition) is 4. The second-order valence-electron chi connectivity index (χ2n) is 4.48. The smallest absolute Gasteiger partial charge is 0.333 e. The molecular weight excluding hydrogens is 206 g/mol. The van der Waals surface area contributed by atoms with Crippen molar-refractivity contribution in [1.29, 1.82) is 0 Å². The molecule has 1 fully saturated rings. The highest BCUT2D eigenvalue weighted by molar-refractivity contribution is 5.87. The number of aliphatic hydroxyl groups is 1. The van der Waals surface area contributed by atoms with Gasteiger partial charge in [-0.3, -0.25) is 0 Å². The van der Waals surface area contributed by atoms with Gasteiger partial charge in [0.1, 0.15) is 0 Å². The van der Waals surface area contributed by atoms with E-state index in [4.69, 9.17) is 5.11 Å². The fourth-order valence-electron chi connectivity index (χ4n) is 1.74. The van der Waals surface area contributed by atoms with Crippen LogP contribution in [0.4, 0.5) is 0 Å². The lowest BCUT2D eigenvalue weighted by Gasteiger charge is -2.13. The summed E-state index contributed by atoms with van der Waals surface area (Å²) in [6, 6.07) is 0. The first kappa shape index (κ1) is 13.2. The zero-order valence-electron chi connectivity index (χ0n) is 10.1. The minimum absolute atomic E-state index is 0.263. The quantitative estimate of drug-likeness (QED) is 0.385. The number of esters is 1. The van der Waals surface area contributed by atoms with E-state index >= 15 is 0 Å². The highest BCUT2D eigenvalue weighted by Gasteiger charge is 2.40. The maximum atomic E-state index is 11.1. The van der Waals surface area contributed by atoms with Crippen LogP contribution in [-0.2, 0) is 9.53 Å². The van der Waals surface area contributed by atoms with Crippen LogP contribution in [0.1, 0.15) is 26.2 Å². The Bertz CT molecular complexity index is 269. The molecule has 1 aliphatic carbocycles. The lowest BCUT2D eigenvalue weighted by atomic mass is 10.0. The van der Waals surface area contributed by atoms with Crippen molar-refractivity contribution >= 4 is 5.97 Å². The van der Waals surface area contributed by atoms with Gasteiger partial charge >= 0.3 is 5.97 Å². The molecule has 2 N–H and O–H groups in total. The van der Waals surface area contributed by atoms with E-state index in [0.717, 1.165) is 13.0 Å². The third-order valence-electron chi connectivity index (χ3n) is 3.16. The van der Waals surface area contributed by atoms with Gasteiger partial charge in [0.15, 0.2) is 0 Å². The molecule has 0 spiro atoms. The second kappa shape index (κ2) is 6.01. The van der Waals surface area contributed by atoms with Gasteiger partial charge in [0, 0.05) is 25.3 Å². The predicted molar refractivity (Wildman–Crippen MR) is 62.0 cm³/mol. The number of aliphatic hydroxyl groups excluding tert-OH is 1. The topological polar surface area (TPSA) is 58.6 Å². The van der Waals surface area contributed by atoms with Crippen molar-refractivity contribution in [2.45, 2.75) is 26.2 Å². The normalized spacial score (nSPS) is 18.3. The van der Waals surface area contributed by atoms with Crippen molar-refractivity contribution in [2.75, 3.05) is 26.8 Å². The zero-order valence-corrected chi connectivity index (χ0v) is 10.1. The standard InChI is InChI=1S/C12H21NO3/c1-10(11(15)16-2)3-7-13-9-12(4-5-12)6-8-14/h3,13-14H,4-9H2,1-2H3. The number of carbonyl (C=O) groups is 1. The fourth-order valence-corrected chi connectivity index (χ4v) is 1.74. The highest BCUT2D eigenvalue weighted by Crippen LogP contribution is 2.47. The number of hydrogen-bond donors (Lipinski definition) is 2. The van der Waals surface area contributed by atoms with Crippen LogP contribution in [-0.4, -0.2) is 37.9 Å². The zero-order chi connectivity index (χ0) is 12.0. The summed E-state index contributed by atoms with van der Waals surface area (Å²) < 4.78 is 4.59. The molecule has 0 heterocycles. The molecule has 16 heavy (non-hydrogen) atoms. The van der Waals surface area contributed by atoms with E-state index in [1.165, 1.54) is 20.0 Å². The van der Waals surface area contributed by atoms with Crippen LogP contribution in [0.3, 0.4) is 0 Å². The van der Waals surface area contributed by atoms with E-state index in [1.807, 2.05) is 6.08 Å². The van der Waals surface area contributed by atoms with Gasteiger partial charge in [-0.2, -0.15) is 0 Å². The lowest BCUT2D eigenvalue weighted by Crippen LogP contribution is -2.25. The molecule has 4 heteroatoms. The number of methoxy groups -OCH3 is 1. The number of ether oxygens (including phenoxy) is 1. The van der Waals surface area contributed by atoms with Crippen LogP contribution in [0.2, 0.25) is 0 Å². The number of nitrogens with one attached hydrogen (secondary N) is 1. The Kier molecular flexibility index (Phi) is 4.96. The second-order valence-corrected chi connectivity index (χ2v) is 4.48. The van der Waals surface area contributed by atoms with Crippen molar-refractivity contribution in [2.24, 2.45) is 5.41 Å². The fraction of sp³-hybridized carbons (Fsp3) is 0.750. The minimum Gasteiger partial charge on any atom is -0.466 e. The Labute approximate surface area is 96.7 Å². The third-order valence-corrected chi connectivity index (χ3v) is 3.16. The van der Waals surface area contributed by atoms with E-state index < -0.39 is 0 Å². The van der Waals surface area contributed by atoms with E-state index in [1.54, 1.807) is 6.92 Å². The van der Waals surface area contributed by atoms with Crippen molar-refractivity contribution < 1.29 is 14.6 Å². The largest absolute Gasteiger partial charge is 0.466 e. The maximum Gasteiger partial charge on any atom is 0.333 e. The Morgan fingerprint density at radius 3 is 2.75 bits per heavy atom. The van der Waals surface area contributed by atoms with Gasteiger partial charge in [-0.05, 0) is 31.6 Å². The molecule has 0 bridgehead atoms. The van der Waals surface area contributed by atoms with E-state index in [-0.39, 0.29) is 12.6 Å². The molecule has 1 rings (SSSR count). The molecule has 4 nitrogen and oxygen atoms in total. The monoisotopic (exact) mass is 227 g/mol. The third kappa shape index (κ3) is 3.94. The SMILES string of the molecule is COC(=O)C(C)=CCNCC1(CCO)CC1. The molecule has 1 aliphatic rings. The Balaban J connectivity index is 2.19. The van der Waals surface area contributed by atoms with Gasteiger partial charge in [-0.25, -0.2) is 4.79 Å². The molecule has 0 saturated heterocycles. The van der Waals surface area contributed by atoms with Crippen LogP contribution in [0.25, 0.3) is 0 Å². The summed E-state index contributed by atoms with van der Waals surface area (Å²) >= 11 is 0. The van der Waals surface area contributed by atoms with E-state index in [2.05, 4.69) is 10.1 Å². The molecular formula is C12H21NO3. The van der Waals surface area contributed by atoms with Crippen LogP contribution >= 0.6 is 0 Å².